The maximum Gasteiger partial charge on any atom is 0.248 e. The van der Waals surface area contributed by atoms with E-state index in [4.69, 9.17) is 10.5 Å². The highest BCUT2D eigenvalue weighted by Gasteiger charge is 2.12. The molecule has 0 spiro atoms. The number of anilines is 3. The molecule has 0 aliphatic heterocycles. The summed E-state index contributed by atoms with van der Waals surface area (Å²) in [6, 6.07) is 13.9. The molecule has 25 heavy (non-hydrogen) atoms. The number of aromatic nitrogens is 2. The molecule has 0 fully saturated rings. The highest BCUT2D eigenvalue weighted by Crippen LogP contribution is 2.32. The Morgan fingerprint density at radius 3 is 2.52 bits per heavy atom. The first kappa shape index (κ1) is 16.8. The van der Waals surface area contributed by atoms with Gasteiger partial charge in [0, 0.05) is 5.69 Å². The number of hydrogen-bond acceptors (Lipinski definition) is 5. The summed E-state index contributed by atoms with van der Waals surface area (Å²) in [6.45, 7) is 6.24. The van der Waals surface area contributed by atoms with Gasteiger partial charge in [0.05, 0.1) is 0 Å². The zero-order valence-electron chi connectivity index (χ0n) is 14.7. The third kappa shape index (κ3) is 3.71. The smallest absolute Gasteiger partial charge is 0.248 e. The molecule has 3 N–H and O–H groups in total. The fraction of sp³-hybridized carbons (Fsp3) is 0.200. The molecule has 3 rings (SSSR count). The molecule has 2 aromatic carbocycles. The quantitative estimate of drug-likeness (QED) is 0.703. The summed E-state index contributed by atoms with van der Waals surface area (Å²) < 4.78 is 5.82. The van der Waals surface area contributed by atoms with Crippen LogP contribution in [-0.2, 0) is 6.42 Å². The molecule has 5 heteroatoms. The van der Waals surface area contributed by atoms with Crippen molar-refractivity contribution in [2.24, 2.45) is 0 Å². The van der Waals surface area contributed by atoms with Crippen LogP contribution in [0.25, 0.3) is 0 Å². The summed E-state index contributed by atoms with van der Waals surface area (Å²) >= 11 is 0. The monoisotopic (exact) mass is 334 g/mol. The van der Waals surface area contributed by atoms with Gasteiger partial charge in [0.1, 0.15) is 17.8 Å². The lowest BCUT2D eigenvalue weighted by atomic mass is 10.1. The molecule has 3 aromatic rings. The zero-order chi connectivity index (χ0) is 17.8. The lowest BCUT2D eigenvalue weighted by molar-refractivity contribution is 0.464. The molecule has 0 bridgehead atoms. The number of nitrogen functional groups attached to an aromatic ring is 1. The number of nitrogens with two attached hydrogens (primary N) is 1. The highest BCUT2D eigenvalue weighted by atomic mass is 16.5. The second-order valence-electron chi connectivity index (χ2n) is 5.91. The zero-order valence-corrected chi connectivity index (χ0v) is 14.7. The Morgan fingerprint density at radius 1 is 1.04 bits per heavy atom. The molecular weight excluding hydrogens is 312 g/mol. The van der Waals surface area contributed by atoms with Crippen LogP contribution >= 0.6 is 0 Å². The fourth-order valence-electron chi connectivity index (χ4n) is 2.48. The van der Waals surface area contributed by atoms with Crippen molar-refractivity contribution in [3.63, 3.8) is 0 Å². The number of benzene rings is 2. The topological polar surface area (TPSA) is 73.1 Å². The molecule has 0 saturated heterocycles. The standard InChI is InChI=1S/C20H22N4O/c1-4-15-8-10-16(11-9-15)25-20-18(21)19(22-12-23-20)24-17-7-5-6-13(2)14(17)3/h5-12H,4,21H2,1-3H3,(H,22,23,24). The molecular formula is C20H22N4O. The number of rotatable bonds is 5. The van der Waals surface area contributed by atoms with Gasteiger partial charge >= 0.3 is 0 Å². The van der Waals surface area contributed by atoms with Crippen molar-refractivity contribution in [3.8, 4) is 11.6 Å². The maximum atomic E-state index is 6.21. The van der Waals surface area contributed by atoms with Crippen LogP contribution in [0, 0.1) is 13.8 Å². The van der Waals surface area contributed by atoms with Gasteiger partial charge in [-0.05, 0) is 55.2 Å². The minimum atomic E-state index is 0.340. The number of hydrogen-bond donors (Lipinski definition) is 2. The minimum Gasteiger partial charge on any atom is -0.437 e. The van der Waals surface area contributed by atoms with Crippen LogP contribution in [0.5, 0.6) is 11.6 Å². The predicted molar refractivity (Wildman–Crippen MR) is 102 cm³/mol. The molecule has 1 aromatic heterocycles. The Kier molecular flexibility index (Phi) is 4.84. The van der Waals surface area contributed by atoms with Crippen molar-refractivity contribution in [2.45, 2.75) is 27.2 Å². The van der Waals surface area contributed by atoms with Crippen LogP contribution in [0.15, 0.2) is 48.8 Å². The van der Waals surface area contributed by atoms with Crippen LogP contribution in [0.3, 0.4) is 0 Å². The van der Waals surface area contributed by atoms with Gasteiger partial charge < -0.3 is 15.8 Å². The van der Waals surface area contributed by atoms with E-state index in [1.54, 1.807) is 0 Å². The lowest BCUT2D eigenvalue weighted by Crippen LogP contribution is -2.04. The van der Waals surface area contributed by atoms with Crippen molar-refractivity contribution in [3.05, 3.63) is 65.5 Å². The third-order valence-electron chi connectivity index (χ3n) is 4.25. The van der Waals surface area contributed by atoms with Crippen LogP contribution in [0.4, 0.5) is 17.2 Å². The first-order valence-corrected chi connectivity index (χ1v) is 8.29. The molecule has 0 aliphatic carbocycles. The maximum absolute atomic E-state index is 6.21. The Labute approximate surface area is 147 Å². The predicted octanol–water partition coefficient (Wildman–Crippen LogP) is 4.77. The molecule has 0 atom stereocenters. The lowest BCUT2D eigenvalue weighted by Gasteiger charge is -2.14. The van der Waals surface area contributed by atoms with E-state index in [0.29, 0.717) is 23.1 Å². The van der Waals surface area contributed by atoms with Gasteiger partial charge in [-0.3, -0.25) is 0 Å². The number of nitrogens with zero attached hydrogens (tertiary/aromatic N) is 2. The van der Waals surface area contributed by atoms with E-state index in [1.165, 1.54) is 17.5 Å². The van der Waals surface area contributed by atoms with Gasteiger partial charge in [-0.15, -0.1) is 0 Å². The average molecular weight is 334 g/mol. The number of aryl methyl sites for hydroxylation is 2. The summed E-state index contributed by atoms with van der Waals surface area (Å²) in [4.78, 5) is 8.41. The Balaban J connectivity index is 1.85. The van der Waals surface area contributed by atoms with Crippen molar-refractivity contribution >= 4 is 17.2 Å². The molecule has 128 valence electrons. The highest BCUT2D eigenvalue weighted by molar-refractivity contribution is 5.74. The van der Waals surface area contributed by atoms with Crippen molar-refractivity contribution in [1.82, 2.24) is 9.97 Å². The van der Waals surface area contributed by atoms with Crippen molar-refractivity contribution in [1.29, 1.82) is 0 Å². The van der Waals surface area contributed by atoms with Crippen LogP contribution in [0.2, 0.25) is 0 Å². The number of ether oxygens (including phenoxy) is 1. The second kappa shape index (κ2) is 7.21. The molecule has 0 amide bonds. The molecule has 0 aliphatic rings. The number of nitrogens with one attached hydrogen (secondary N) is 1. The van der Waals surface area contributed by atoms with E-state index in [-0.39, 0.29) is 0 Å². The summed E-state index contributed by atoms with van der Waals surface area (Å²) in [5.41, 5.74) is 11.2. The van der Waals surface area contributed by atoms with Crippen molar-refractivity contribution < 1.29 is 4.74 Å². The average Bonchev–Trinajstić information content (AvgIpc) is 2.63. The first-order chi connectivity index (χ1) is 12.1. The summed E-state index contributed by atoms with van der Waals surface area (Å²) in [5, 5.41) is 3.27. The first-order valence-electron chi connectivity index (χ1n) is 8.29. The van der Waals surface area contributed by atoms with Gasteiger partial charge in [-0.1, -0.05) is 31.2 Å². The molecule has 1 heterocycles. The van der Waals surface area contributed by atoms with Gasteiger partial charge in [0.2, 0.25) is 5.88 Å². The molecule has 5 nitrogen and oxygen atoms in total. The molecule has 0 saturated carbocycles. The van der Waals surface area contributed by atoms with Gasteiger partial charge in [0.25, 0.3) is 0 Å². The fourth-order valence-corrected chi connectivity index (χ4v) is 2.48. The Morgan fingerprint density at radius 2 is 1.80 bits per heavy atom. The van der Waals surface area contributed by atoms with Crippen molar-refractivity contribution in [2.75, 3.05) is 11.1 Å². The van der Waals surface area contributed by atoms with E-state index in [9.17, 15) is 0 Å². The molecule has 0 unspecified atom stereocenters. The second-order valence-corrected chi connectivity index (χ2v) is 5.91. The van der Waals surface area contributed by atoms with E-state index in [2.05, 4.69) is 42.1 Å². The minimum absolute atomic E-state index is 0.340. The summed E-state index contributed by atoms with van der Waals surface area (Å²) in [5.74, 6) is 1.57. The van der Waals surface area contributed by atoms with E-state index in [0.717, 1.165) is 17.7 Å². The summed E-state index contributed by atoms with van der Waals surface area (Å²) in [7, 11) is 0. The molecule has 0 radical (unpaired) electrons. The van der Waals surface area contributed by atoms with Gasteiger partial charge in [-0.25, -0.2) is 4.98 Å². The van der Waals surface area contributed by atoms with Gasteiger partial charge in [0.15, 0.2) is 5.82 Å². The van der Waals surface area contributed by atoms with E-state index in [1.807, 2.05) is 36.4 Å². The Hall–Kier alpha value is -3.08. The van der Waals surface area contributed by atoms with E-state index >= 15 is 0 Å². The SMILES string of the molecule is CCc1ccc(Oc2ncnc(Nc3cccc(C)c3C)c2N)cc1. The van der Waals surface area contributed by atoms with Crippen LogP contribution in [-0.4, -0.2) is 9.97 Å². The van der Waals surface area contributed by atoms with E-state index < -0.39 is 0 Å². The third-order valence-corrected chi connectivity index (χ3v) is 4.25. The van der Waals surface area contributed by atoms with Crippen LogP contribution in [0.1, 0.15) is 23.6 Å². The normalized spacial score (nSPS) is 10.5. The largest absolute Gasteiger partial charge is 0.437 e. The van der Waals surface area contributed by atoms with Gasteiger partial charge in [-0.2, -0.15) is 4.98 Å². The Bertz CT molecular complexity index is 875. The van der Waals surface area contributed by atoms with Crippen LogP contribution < -0.4 is 15.8 Å². The summed E-state index contributed by atoms with van der Waals surface area (Å²) in [6.07, 6.45) is 2.43.